The van der Waals surface area contributed by atoms with Gasteiger partial charge in [0.05, 0.1) is 12.7 Å². The highest BCUT2D eigenvalue weighted by Gasteiger charge is 2.34. The first-order chi connectivity index (χ1) is 13.9. The van der Waals surface area contributed by atoms with E-state index in [2.05, 4.69) is 13.8 Å². The lowest BCUT2D eigenvalue weighted by Crippen LogP contribution is -2.42. The molecular formula is C22H30N2O5. The molecular weight excluding hydrogens is 372 g/mol. The quantitative estimate of drug-likeness (QED) is 0.730. The fourth-order valence-corrected chi connectivity index (χ4v) is 3.51. The van der Waals surface area contributed by atoms with Gasteiger partial charge in [0.15, 0.2) is 0 Å². The van der Waals surface area contributed by atoms with Crippen LogP contribution in [0.4, 0.5) is 0 Å². The van der Waals surface area contributed by atoms with Crippen LogP contribution in [0.5, 0.6) is 0 Å². The van der Waals surface area contributed by atoms with E-state index in [1.54, 1.807) is 11.8 Å². The van der Waals surface area contributed by atoms with E-state index in [4.69, 9.17) is 14.2 Å². The molecule has 2 aliphatic heterocycles. The molecule has 0 N–H and O–H groups in total. The number of carbonyl (C=O) groups is 2. The predicted molar refractivity (Wildman–Crippen MR) is 108 cm³/mol. The lowest BCUT2D eigenvalue weighted by Gasteiger charge is -2.27. The van der Waals surface area contributed by atoms with Gasteiger partial charge >= 0.3 is 0 Å². The maximum atomic E-state index is 13.0. The predicted octanol–water partition coefficient (Wildman–Crippen LogP) is 2.18. The Labute approximate surface area is 172 Å². The van der Waals surface area contributed by atoms with Crippen LogP contribution in [-0.2, 0) is 30.4 Å². The topological polar surface area (TPSA) is 68.3 Å². The van der Waals surface area contributed by atoms with Crippen molar-refractivity contribution in [1.29, 1.82) is 0 Å². The SMILES string of the molecule is CC1=C(C(=O)N2CC(=O)N(CC(C)C)CC(OCc3ccccc3)C2)OCCO1. The van der Waals surface area contributed by atoms with Gasteiger partial charge in [0.1, 0.15) is 25.5 Å². The summed E-state index contributed by atoms with van der Waals surface area (Å²) in [7, 11) is 0. The molecule has 29 heavy (non-hydrogen) atoms. The molecule has 0 bridgehead atoms. The Morgan fingerprint density at radius 1 is 1.17 bits per heavy atom. The summed E-state index contributed by atoms with van der Waals surface area (Å²) >= 11 is 0. The van der Waals surface area contributed by atoms with Crippen molar-refractivity contribution >= 4 is 11.8 Å². The minimum absolute atomic E-state index is 0.0108. The molecule has 158 valence electrons. The van der Waals surface area contributed by atoms with Gasteiger partial charge in [0.25, 0.3) is 5.91 Å². The number of benzene rings is 1. The maximum Gasteiger partial charge on any atom is 0.293 e. The number of allylic oxidation sites excluding steroid dienone is 1. The first-order valence-electron chi connectivity index (χ1n) is 10.1. The molecule has 0 aliphatic carbocycles. The van der Waals surface area contributed by atoms with Crippen molar-refractivity contribution in [2.45, 2.75) is 33.5 Å². The Balaban J connectivity index is 1.76. The highest BCUT2D eigenvalue weighted by atomic mass is 16.6. The number of carbonyl (C=O) groups excluding carboxylic acids is 2. The van der Waals surface area contributed by atoms with Crippen LogP contribution in [-0.4, -0.2) is 67.1 Å². The summed E-state index contributed by atoms with van der Waals surface area (Å²) in [6.45, 7) is 8.46. The zero-order valence-electron chi connectivity index (χ0n) is 17.4. The molecule has 2 aliphatic rings. The summed E-state index contributed by atoms with van der Waals surface area (Å²) in [5, 5.41) is 0. The van der Waals surface area contributed by atoms with Gasteiger partial charge in [-0.1, -0.05) is 44.2 Å². The molecule has 3 rings (SSSR count). The second-order valence-electron chi connectivity index (χ2n) is 7.88. The molecule has 0 radical (unpaired) electrons. The summed E-state index contributed by atoms with van der Waals surface area (Å²) < 4.78 is 17.1. The zero-order valence-corrected chi connectivity index (χ0v) is 17.4. The van der Waals surface area contributed by atoms with E-state index in [1.807, 2.05) is 30.3 Å². The van der Waals surface area contributed by atoms with Crippen molar-refractivity contribution in [3.8, 4) is 0 Å². The van der Waals surface area contributed by atoms with Crippen LogP contribution >= 0.6 is 0 Å². The van der Waals surface area contributed by atoms with Gasteiger partial charge in [-0.05, 0) is 18.4 Å². The van der Waals surface area contributed by atoms with Crippen molar-refractivity contribution in [2.75, 3.05) is 39.4 Å². The first-order valence-corrected chi connectivity index (χ1v) is 10.1. The molecule has 1 atom stereocenters. The van der Waals surface area contributed by atoms with Gasteiger partial charge in [-0.2, -0.15) is 0 Å². The Morgan fingerprint density at radius 3 is 2.59 bits per heavy atom. The van der Waals surface area contributed by atoms with E-state index in [0.29, 0.717) is 51.1 Å². The molecule has 1 aromatic rings. The van der Waals surface area contributed by atoms with Crippen LogP contribution < -0.4 is 0 Å². The van der Waals surface area contributed by atoms with Crippen molar-refractivity contribution in [3.63, 3.8) is 0 Å². The lowest BCUT2D eigenvalue weighted by molar-refractivity contribution is -0.139. The van der Waals surface area contributed by atoms with Crippen LogP contribution in [0.2, 0.25) is 0 Å². The summed E-state index contributed by atoms with van der Waals surface area (Å²) in [6.07, 6.45) is -0.283. The highest BCUT2D eigenvalue weighted by molar-refractivity contribution is 5.95. The molecule has 7 nitrogen and oxygen atoms in total. The van der Waals surface area contributed by atoms with Crippen molar-refractivity contribution < 1.29 is 23.8 Å². The van der Waals surface area contributed by atoms with E-state index in [1.165, 1.54) is 4.90 Å². The van der Waals surface area contributed by atoms with Crippen LogP contribution in [0, 0.1) is 5.92 Å². The molecule has 2 amide bonds. The first kappa shape index (κ1) is 21.2. The number of nitrogens with zero attached hydrogens (tertiary/aromatic N) is 2. The zero-order chi connectivity index (χ0) is 20.8. The lowest BCUT2D eigenvalue weighted by atomic mass is 10.2. The fourth-order valence-electron chi connectivity index (χ4n) is 3.51. The normalized spacial score (nSPS) is 20.4. The van der Waals surface area contributed by atoms with Crippen LogP contribution in [0.1, 0.15) is 26.3 Å². The van der Waals surface area contributed by atoms with E-state index < -0.39 is 0 Å². The van der Waals surface area contributed by atoms with Gasteiger partial charge in [-0.15, -0.1) is 0 Å². The summed E-state index contributed by atoms with van der Waals surface area (Å²) in [4.78, 5) is 29.2. The smallest absolute Gasteiger partial charge is 0.293 e. The van der Waals surface area contributed by atoms with E-state index in [0.717, 1.165) is 5.56 Å². The monoisotopic (exact) mass is 402 g/mol. The van der Waals surface area contributed by atoms with E-state index in [-0.39, 0.29) is 30.2 Å². The van der Waals surface area contributed by atoms with Gasteiger partial charge in [-0.25, -0.2) is 0 Å². The Morgan fingerprint density at radius 2 is 1.90 bits per heavy atom. The molecule has 1 fully saturated rings. The standard InChI is InChI=1S/C22H30N2O5/c1-16(2)11-23-12-19(29-15-18-7-5-4-6-8-18)13-24(14-20(23)25)22(26)21-17(3)27-9-10-28-21/h4-8,16,19H,9-15H2,1-3H3. The minimum Gasteiger partial charge on any atom is -0.491 e. The van der Waals surface area contributed by atoms with Gasteiger partial charge < -0.3 is 24.0 Å². The van der Waals surface area contributed by atoms with Gasteiger partial charge in [-0.3, -0.25) is 9.59 Å². The molecule has 0 aromatic heterocycles. The molecule has 0 spiro atoms. The Hall–Kier alpha value is -2.54. The number of amides is 2. The average Bonchev–Trinajstić information content (AvgIpc) is 2.85. The molecule has 1 aromatic carbocycles. The molecule has 7 heteroatoms. The van der Waals surface area contributed by atoms with Gasteiger partial charge in [0, 0.05) is 19.6 Å². The van der Waals surface area contributed by atoms with E-state index in [9.17, 15) is 9.59 Å². The fraction of sp³-hybridized carbons (Fsp3) is 0.545. The van der Waals surface area contributed by atoms with Crippen molar-refractivity contribution in [2.24, 2.45) is 5.92 Å². The average molecular weight is 402 g/mol. The number of hydrogen-bond acceptors (Lipinski definition) is 5. The summed E-state index contributed by atoms with van der Waals surface area (Å²) in [6, 6.07) is 9.88. The second kappa shape index (κ2) is 9.78. The molecule has 1 unspecified atom stereocenters. The highest BCUT2D eigenvalue weighted by Crippen LogP contribution is 2.19. The second-order valence-corrected chi connectivity index (χ2v) is 7.88. The van der Waals surface area contributed by atoms with Crippen molar-refractivity contribution in [1.82, 2.24) is 9.80 Å². The maximum absolute atomic E-state index is 13.0. The Bertz CT molecular complexity index is 747. The van der Waals surface area contributed by atoms with Crippen LogP contribution in [0.25, 0.3) is 0 Å². The van der Waals surface area contributed by atoms with Crippen LogP contribution in [0.15, 0.2) is 41.9 Å². The number of rotatable bonds is 6. The summed E-state index contributed by atoms with van der Waals surface area (Å²) in [5.41, 5.74) is 1.05. The molecule has 0 saturated carbocycles. The number of ether oxygens (including phenoxy) is 3. The minimum atomic E-state index is -0.324. The largest absolute Gasteiger partial charge is 0.491 e. The Kier molecular flexibility index (Phi) is 7.14. The summed E-state index contributed by atoms with van der Waals surface area (Å²) in [5.74, 6) is 0.570. The molecule has 2 heterocycles. The number of hydrogen-bond donors (Lipinski definition) is 0. The third-order valence-electron chi connectivity index (χ3n) is 4.89. The van der Waals surface area contributed by atoms with Crippen LogP contribution in [0.3, 0.4) is 0 Å². The van der Waals surface area contributed by atoms with E-state index >= 15 is 0 Å². The third-order valence-corrected chi connectivity index (χ3v) is 4.89. The molecule has 1 saturated heterocycles. The van der Waals surface area contributed by atoms with Gasteiger partial charge in [0.2, 0.25) is 11.7 Å². The third kappa shape index (κ3) is 5.73. The van der Waals surface area contributed by atoms with Crippen molar-refractivity contribution in [3.05, 3.63) is 47.4 Å².